The van der Waals surface area contributed by atoms with Gasteiger partial charge in [0.05, 0.1) is 29.0 Å². The Morgan fingerprint density at radius 3 is 2.59 bits per heavy atom. The Morgan fingerprint density at radius 1 is 1.21 bits per heavy atom. The summed E-state index contributed by atoms with van der Waals surface area (Å²) in [4.78, 5) is 7.94. The summed E-state index contributed by atoms with van der Waals surface area (Å²) in [6.07, 6.45) is 1.38. The highest BCUT2D eigenvalue weighted by Crippen LogP contribution is 2.40. The third kappa shape index (κ3) is 6.38. The smallest absolute Gasteiger partial charge is 0.332 e. The quantitative estimate of drug-likeness (QED) is 0.299. The van der Waals surface area contributed by atoms with E-state index < -0.39 is 22.3 Å². The Kier molecular flexibility index (Phi) is 8.95. The van der Waals surface area contributed by atoms with E-state index in [0.29, 0.717) is 18.1 Å². The van der Waals surface area contributed by atoms with E-state index in [-0.39, 0.29) is 46.9 Å². The lowest BCUT2D eigenvalue weighted by Gasteiger charge is -2.16. The highest BCUT2D eigenvalue weighted by molar-refractivity contribution is 7.86. The van der Waals surface area contributed by atoms with Crippen molar-refractivity contribution >= 4 is 82.4 Å². The summed E-state index contributed by atoms with van der Waals surface area (Å²) in [7, 11) is -7.94. The number of halogens is 4. The molecule has 10 nitrogen and oxygen atoms in total. The van der Waals surface area contributed by atoms with Gasteiger partial charge in [0, 0.05) is 24.5 Å². The van der Waals surface area contributed by atoms with Crippen LogP contribution in [0.2, 0.25) is 5.02 Å². The average Bonchev–Trinajstić information content (AvgIpc) is 3.11. The van der Waals surface area contributed by atoms with E-state index >= 15 is 0 Å². The molecule has 0 atom stereocenters. The Hall–Kier alpha value is -1.95. The van der Waals surface area contributed by atoms with Crippen molar-refractivity contribution < 1.29 is 16.9 Å². The van der Waals surface area contributed by atoms with Crippen molar-refractivity contribution in [3.05, 3.63) is 41.2 Å². The highest BCUT2D eigenvalue weighted by Gasteiger charge is 2.22. The average molecular weight is 573 g/mol. The second-order valence-corrected chi connectivity index (χ2v) is 12.5. The maximum absolute atomic E-state index is 13.5. The lowest BCUT2D eigenvalue weighted by molar-refractivity contribution is 0.476. The van der Waals surface area contributed by atoms with Gasteiger partial charge in [-0.15, -0.1) is 28.7 Å². The van der Waals surface area contributed by atoms with Crippen molar-refractivity contribution in [2.45, 2.75) is 18.0 Å². The summed E-state index contributed by atoms with van der Waals surface area (Å²) in [5, 5.41) is 14.0. The molecule has 1 aromatic carbocycles. The van der Waals surface area contributed by atoms with E-state index in [1.165, 1.54) is 25.6 Å². The fraction of sp³-hybridized carbons (Fsp3) is 0.278. The van der Waals surface area contributed by atoms with E-state index in [9.17, 15) is 16.9 Å². The van der Waals surface area contributed by atoms with Crippen LogP contribution in [0.4, 0.5) is 27.2 Å². The maximum Gasteiger partial charge on any atom is 0.332 e. The van der Waals surface area contributed by atoms with E-state index in [1.54, 1.807) is 0 Å². The molecule has 0 saturated heterocycles. The van der Waals surface area contributed by atoms with Crippen molar-refractivity contribution in [2.24, 2.45) is 0 Å². The largest absolute Gasteiger partial charge is 0.338 e. The topological polar surface area (TPSA) is 131 Å². The number of aromatic nitrogens is 4. The summed E-state index contributed by atoms with van der Waals surface area (Å²) in [6.45, 7) is 5.21. The third-order valence-corrected chi connectivity index (χ3v) is 7.36. The molecule has 16 heteroatoms. The zero-order valence-electron chi connectivity index (χ0n) is 17.9. The molecule has 2 aromatic heterocycles. The van der Waals surface area contributed by atoms with Crippen molar-refractivity contribution in [1.82, 2.24) is 25.1 Å². The van der Waals surface area contributed by atoms with Crippen LogP contribution >= 0.6 is 43.6 Å². The number of anilines is 4. The minimum Gasteiger partial charge on any atom is -0.338 e. The second-order valence-electron chi connectivity index (χ2n) is 7.53. The number of hydrogen-bond donors (Lipinski definition) is 3. The fourth-order valence-corrected chi connectivity index (χ4v) is 5.10. The van der Waals surface area contributed by atoms with Crippen LogP contribution < -0.4 is 21.3 Å². The lowest BCUT2D eigenvalue weighted by Crippen LogP contribution is -2.28. The highest BCUT2D eigenvalue weighted by atomic mass is 35.5. The van der Waals surface area contributed by atoms with Gasteiger partial charge in [0.25, 0.3) is 0 Å². The van der Waals surface area contributed by atoms with Gasteiger partial charge in [-0.1, -0.05) is 11.6 Å². The van der Waals surface area contributed by atoms with E-state index in [4.69, 9.17) is 11.6 Å². The fourth-order valence-electron chi connectivity index (χ4n) is 3.23. The minimum absolute atomic E-state index is 0. The number of benzene rings is 1. The molecule has 1 aliphatic rings. The predicted molar refractivity (Wildman–Crippen MR) is 136 cm³/mol. The first-order valence-corrected chi connectivity index (χ1v) is 13.9. The van der Waals surface area contributed by atoms with Gasteiger partial charge in [0.2, 0.25) is 5.95 Å². The normalized spacial score (nSPS) is 13.3. The molecule has 3 heterocycles. The van der Waals surface area contributed by atoms with Crippen molar-refractivity contribution in [2.75, 3.05) is 30.5 Å². The standard InChI is InChI=1S/C18H20ClFN7O3PS.2ClH/c1-31(2,28)15-8-12(32(20,29)30)3-4-14(15)23-17-13(19)10-22-18(25-17)24-16-7-11-9-21-5-6-27(11)26-16;;/h3-4,7-8,10,21H,5-6,9H2,1-2H3,(H2,22,23,24,25,26);2*1H. The maximum atomic E-state index is 13.5. The summed E-state index contributed by atoms with van der Waals surface area (Å²) >= 11 is 6.23. The zero-order chi connectivity index (χ0) is 23.1. The van der Waals surface area contributed by atoms with Crippen molar-refractivity contribution in [3.63, 3.8) is 0 Å². The first-order valence-electron chi connectivity index (χ1n) is 9.49. The summed E-state index contributed by atoms with van der Waals surface area (Å²) in [5.74, 6) is 0.989. The van der Waals surface area contributed by atoms with E-state index in [0.717, 1.165) is 30.9 Å². The van der Waals surface area contributed by atoms with Crippen molar-refractivity contribution in [3.8, 4) is 0 Å². The molecule has 0 saturated carbocycles. The number of hydrogen-bond acceptors (Lipinski definition) is 9. The zero-order valence-corrected chi connectivity index (χ0v) is 22.0. The van der Waals surface area contributed by atoms with Crippen molar-refractivity contribution in [1.29, 1.82) is 0 Å². The molecule has 0 unspecified atom stereocenters. The second kappa shape index (κ2) is 10.8. The molecule has 0 fully saturated rings. The van der Waals surface area contributed by atoms with Crippen LogP contribution in [0.15, 0.2) is 35.4 Å². The van der Waals surface area contributed by atoms with Crippen LogP contribution in [0.3, 0.4) is 0 Å². The third-order valence-electron chi connectivity index (χ3n) is 4.74. The molecular weight excluding hydrogens is 551 g/mol. The van der Waals surface area contributed by atoms with Gasteiger partial charge in [0.15, 0.2) is 11.6 Å². The number of fused-ring (bicyclic) bond motifs is 1. The number of nitrogens with zero attached hydrogens (tertiary/aromatic N) is 4. The monoisotopic (exact) mass is 571 g/mol. The van der Waals surface area contributed by atoms with Crippen LogP contribution in [-0.4, -0.2) is 48.0 Å². The summed E-state index contributed by atoms with van der Waals surface area (Å²) in [6, 6.07) is 5.34. The molecule has 3 N–H and O–H groups in total. The molecule has 4 rings (SSSR count). The summed E-state index contributed by atoms with van der Waals surface area (Å²) < 4.78 is 50.7. The number of nitrogens with one attached hydrogen (secondary N) is 3. The molecule has 0 amide bonds. The predicted octanol–water partition coefficient (Wildman–Crippen LogP) is 3.67. The van der Waals surface area contributed by atoms with E-state index in [2.05, 4.69) is 31.0 Å². The van der Waals surface area contributed by atoms with E-state index in [1.807, 2.05) is 10.7 Å². The Labute approximate surface area is 213 Å². The Bertz CT molecular complexity index is 1330. The number of rotatable bonds is 6. The van der Waals surface area contributed by atoms with Gasteiger partial charge in [-0.05, 0) is 31.5 Å². The molecule has 1 aliphatic heterocycles. The molecular formula is C18H22Cl3FN7O3PS. The summed E-state index contributed by atoms with van der Waals surface area (Å²) in [5.41, 5.74) is 1.32. The van der Waals surface area contributed by atoms with Crippen LogP contribution in [0, 0.1) is 0 Å². The molecule has 186 valence electrons. The van der Waals surface area contributed by atoms with Gasteiger partial charge in [0.1, 0.15) is 12.2 Å². The Balaban J connectivity index is 0.00000204. The van der Waals surface area contributed by atoms with Crippen LogP contribution in [0.5, 0.6) is 0 Å². The SMILES string of the molecule is CP(C)(=O)c1cc(S(=O)(=O)F)ccc1Nc1nc(Nc2cc3n(n2)CCNC3)ncc1Cl.Cl.Cl. The molecule has 0 bridgehead atoms. The van der Waals surface area contributed by atoms with Crippen LogP contribution in [0.25, 0.3) is 0 Å². The first kappa shape index (κ1) is 28.3. The van der Waals surface area contributed by atoms with Crippen LogP contribution in [-0.2, 0) is 27.9 Å². The van der Waals surface area contributed by atoms with Gasteiger partial charge in [-0.2, -0.15) is 18.5 Å². The first-order chi connectivity index (χ1) is 15.0. The lowest BCUT2D eigenvalue weighted by atomic mass is 10.3. The Morgan fingerprint density at radius 2 is 1.94 bits per heavy atom. The molecule has 3 aromatic rings. The minimum atomic E-state index is -4.95. The molecule has 0 spiro atoms. The molecule has 34 heavy (non-hydrogen) atoms. The van der Waals surface area contributed by atoms with Gasteiger partial charge in [-0.25, -0.2) is 4.98 Å². The molecule has 0 radical (unpaired) electrons. The van der Waals surface area contributed by atoms with Gasteiger partial charge < -0.3 is 20.5 Å². The van der Waals surface area contributed by atoms with Crippen LogP contribution in [0.1, 0.15) is 5.69 Å². The molecule has 0 aliphatic carbocycles. The van der Waals surface area contributed by atoms with Gasteiger partial charge >= 0.3 is 10.2 Å². The van der Waals surface area contributed by atoms with Gasteiger partial charge in [-0.3, -0.25) is 4.68 Å².